The van der Waals surface area contributed by atoms with Gasteiger partial charge in [-0.1, -0.05) is 29.8 Å². The minimum Gasteiger partial charge on any atom is -0.335 e. The molecule has 8 heteroatoms. The summed E-state index contributed by atoms with van der Waals surface area (Å²) in [6.45, 7) is 3.73. The number of fused-ring (bicyclic) bond motifs is 1. The first-order valence-corrected chi connectivity index (χ1v) is 9.54. The maximum atomic E-state index is 12.9. The second-order valence-corrected chi connectivity index (χ2v) is 7.41. The summed E-state index contributed by atoms with van der Waals surface area (Å²) in [7, 11) is 0. The molecule has 0 aliphatic carbocycles. The van der Waals surface area contributed by atoms with Crippen LogP contribution in [0.1, 0.15) is 16.1 Å². The molecule has 3 aromatic rings. The fourth-order valence-electron chi connectivity index (χ4n) is 3.12. The largest absolute Gasteiger partial charge is 0.335 e. The highest BCUT2D eigenvalue weighted by Crippen LogP contribution is 2.23. The molecule has 6 nitrogen and oxygen atoms in total. The predicted octanol–water partition coefficient (Wildman–Crippen LogP) is 3.10. The molecule has 2 aromatic heterocycles. The Morgan fingerprint density at radius 2 is 1.92 bits per heavy atom. The zero-order valence-electron chi connectivity index (χ0n) is 14.0. The quantitative estimate of drug-likeness (QED) is 0.636. The van der Waals surface area contributed by atoms with Gasteiger partial charge in [-0.05, 0) is 33.6 Å². The molecule has 0 unspecified atom stereocenters. The van der Waals surface area contributed by atoms with E-state index in [9.17, 15) is 4.79 Å². The lowest BCUT2D eigenvalue weighted by molar-refractivity contribution is 0.0621. The third kappa shape index (κ3) is 3.34. The molecular formula is C18H17BrClN5O. The van der Waals surface area contributed by atoms with E-state index in [4.69, 9.17) is 11.6 Å². The lowest BCUT2D eigenvalue weighted by Gasteiger charge is -2.34. The second-order valence-electron chi connectivity index (χ2n) is 6.21. The Hall–Kier alpha value is -1.96. The van der Waals surface area contributed by atoms with Gasteiger partial charge in [0.05, 0.1) is 4.47 Å². The van der Waals surface area contributed by atoms with E-state index in [-0.39, 0.29) is 5.91 Å². The van der Waals surface area contributed by atoms with Crippen molar-refractivity contribution in [1.29, 1.82) is 0 Å². The van der Waals surface area contributed by atoms with Crippen LogP contribution in [-0.2, 0) is 6.54 Å². The standard InChI is InChI=1S/C18H17BrClN5O/c19-15-16(22-25-7-3-6-21-17(15)25)18(26)24-10-8-23(9-11-24)12-13-4-1-2-5-14(13)20/h1-7H,8-12H2. The average molecular weight is 435 g/mol. The Labute approximate surface area is 164 Å². The summed E-state index contributed by atoms with van der Waals surface area (Å²) in [4.78, 5) is 21.3. The van der Waals surface area contributed by atoms with E-state index in [0.717, 1.165) is 30.2 Å². The van der Waals surface area contributed by atoms with E-state index in [2.05, 4.69) is 30.9 Å². The van der Waals surface area contributed by atoms with Gasteiger partial charge in [0.15, 0.2) is 11.3 Å². The van der Waals surface area contributed by atoms with Crippen molar-refractivity contribution in [3.63, 3.8) is 0 Å². The third-order valence-electron chi connectivity index (χ3n) is 4.55. The van der Waals surface area contributed by atoms with Crippen LogP contribution in [0.3, 0.4) is 0 Å². The third-order valence-corrected chi connectivity index (χ3v) is 5.65. The fraction of sp³-hybridized carbons (Fsp3) is 0.278. The van der Waals surface area contributed by atoms with Crippen LogP contribution in [0, 0.1) is 0 Å². The molecule has 1 aliphatic heterocycles. The molecule has 0 atom stereocenters. The highest BCUT2D eigenvalue weighted by atomic mass is 79.9. The first-order chi connectivity index (χ1) is 12.6. The van der Waals surface area contributed by atoms with Crippen molar-refractivity contribution >= 4 is 39.1 Å². The first-order valence-electron chi connectivity index (χ1n) is 8.37. The topological polar surface area (TPSA) is 53.7 Å². The second kappa shape index (κ2) is 7.34. The van der Waals surface area contributed by atoms with E-state index in [1.54, 1.807) is 23.0 Å². The van der Waals surface area contributed by atoms with Gasteiger partial charge in [-0.25, -0.2) is 9.50 Å². The monoisotopic (exact) mass is 433 g/mol. The Morgan fingerprint density at radius 3 is 2.65 bits per heavy atom. The molecule has 1 saturated heterocycles. The van der Waals surface area contributed by atoms with Gasteiger partial charge in [0.2, 0.25) is 0 Å². The number of piperazine rings is 1. The van der Waals surface area contributed by atoms with Crippen molar-refractivity contribution in [2.45, 2.75) is 6.54 Å². The molecule has 4 rings (SSSR count). The van der Waals surface area contributed by atoms with Gasteiger partial charge in [0.1, 0.15) is 0 Å². The first kappa shape index (κ1) is 17.5. The van der Waals surface area contributed by atoms with Crippen LogP contribution in [-0.4, -0.2) is 56.5 Å². The average Bonchev–Trinajstić information content (AvgIpc) is 3.01. The summed E-state index contributed by atoms with van der Waals surface area (Å²) in [5.74, 6) is -0.0697. The number of carbonyl (C=O) groups is 1. The van der Waals surface area contributed by atoms with Gasteiger partial charge in [0, 0.05) is 50.1 Å². The molecule has 26 heavy (non-hydrogen) atoms. The minimum atomic E-state index is -0.0697. The van der Waals surface area contributed by atoms with Crippen molar-refractivity contribution in [2.24, 2.45) is 0 Å². The highest BCUT2D eigenvalue weighted by molar-refractivity contribution is 9.10. The van der Waals surface area contributed by atoms with Gasteiger partial charge < -0.3 is 4.90 Å². The molecule has 1 amide bonds. The Balaban J connectivity index is 1.43. The van der Waals surface area contributed by atoms with E-state index in [0.29, 0.717) is 28.9 Å². The summed E-state index contributed by atoms with van der Waals surface area (Å²) >= 11 is 9.71. The van der Waals surface area contributed by atoms with E-state index in [1.165, 1.54) is 0 Å². The van der Waals surface area contributed by atoms with Gasteiger partial charge >= 0.3 is 0 Å². The molecule has 0 saturated carbocycles. The van der Waals surface area contributed by atoms with E-state index >= 15 is 0 Å². The summed E-state index contributed by atoms with van der Waals surface area (Å²) in [6, 6.07) is 9.67. The van der Waals surface area contributed by atoms with Crippen molar-refractivity contribution < 1.29 is 4.79 Å². The van der Waals surface area contributed by atoms with Crippen molar-refractivity contribution in [2.75, 3.05) is 26.2 Å². The Kier molecular flexibility index (Phi) is 4.93. The number of hydrogen-bond donors (Lipinski definition) is 0. The van der Waals surface area contributed by atoms with Gasteiger partial charge in [-0.15, -0.1) is 0 Å². The SMILES string of the molecule is O=C(c1nn2cccnc2c1Br)N1CCN(Cc2ccccc2Cl)CC1. The van der Waals surface area contributed by atoms with Crippen LogP contribution in [0.15, 0.2) is 47.2 Å². The zero-order chi connectivity index (χ0) is 18.1. The Morgan fingerprint density at radius 1 is 1.15 bits per heavy atom. The fourth-order valence-corrected chi connectivity index (χ4v) is 3.85. The number of nitrogens with zero attached hydrogens (tertiary/aromatic N) is 5. The van der Waals surface area contributed by atoms with Crippen LogP contribution >= 0.6 is 27.5 Å². The van der Waals surface area contributed by atoms with Crippen molar-refractivity contribution in [3.05, 3.63) is 63.5 Å². The molecule has 134 valence electrons. The number of rotatable bonds is 3. The van der Waals surface area contributed by atoms with Crippen molar-refractivity contribution in [3.8, 4) is 0 Å². The molecule has 1 fully saturated rings. The van der Waals surface area contributed by atoms with Crippen molar-refractivity contribution in [1.82, 2.24) is 24.4 Å². The summed E-state index contributed by atoms with van der Waals surface area (Å²) in [5, 5.41) is 5.16. The van der Waals surface area contributed by atoms with Crippen LogP contribution in [0.2, 0.25) is 5.02 Å². The molecule has 1 aromatic carbocycles. The molecule has 1 aliphatic rings. The minimum absolute atomic E-state index is 0.0697. The van der Waals surface area contributed by atoms with Crippen LogP contribution in [0.25, 0.3) is 5.65 Å². The van der Waals surface area contributed by atoms with Crippen LogP contribution in [0.5, 0.6) is 0 Å². The molecular weight excluding hydrogens is 418 g/mol. The molecule has 0 radical (unpaired) electrons. The van der Waals surface area contributed by atoms with Crippen LogP contribution < -0.4 is 0 Å². The lowest BCUT2D eigenvalue weighted by atomic mass is 10.2. The van der Waals surface area contributed by atoms with Crippen LogP contribution in [0.4, 0.5) is 0 Å². The number of carbonyl (C=O) groups excluding carboxylic acids is 1. The Bertz CT molecular complexity index is 952. The molecule has 0 bridgehead atoms. The normalized spacial score (nSPS) is 15.5. The number of benzene rings is 1. The maximum absolute atomic E-state index is 12.9. The summed E-state index contributed by atoms with van der Waals surface area (Å²) in [6.07, 6.45) is 3.47. The van der Waals surface area contributed by atoms with Gasteiger partial charge in [0.25, 0.3) is 5.91 Å². The van der Waals surface area contributed by atoms with E-state index < -0.39 is 0 Å². The lowest BCUT2D eigenvalue weighted by Crippen LogP contribution is -2.48. The van der Waals surface area contributed by atoms with Gasteiger partial charge in [-0.3, -0.25) is 9.69 Å². The summed E-state index contributed by atoms with van der Waals surface area (Å²) in [5.41, 5.74) is 2.17. The number of hydrogen-bond acceptors (Lipinski definition) is 4. The zero-order valence-corrected chi connectivity index (χ0v) is 16.3. The number of amides is 1. The summed E-state index contributed by atoms with van der Waals surface area (Å²) < 4.78 is 2.26. The molecule has 0 spiro atoms. The van der Waals surface area contributed by atoms with E-state index in [1.807, 2.05) is 29.2 Å². The maximum Gasteiger partial charge on any atom is 0.275 e. The molecule has 0 N–H and O–H groups in total. The highest BCUT2D eigenvalue weighted by Gasteiger charge is 2.27. The number of halogens is 2. The smallest absolute Gasteiger partial charge is 0.275 e. The molecule has 3 heterocycles. The van der Waals surface area contributed by atoms with Gasteiger partial charge in [-0.2, -0.15) is 5.10 Å². The number of aromatic nitrogens is 3. The predicted molar refractivity (Wildman–Crippen MR) is 103 cm³/mol.